The van der Waals surface area contributed by atoms with E-state index in [2.05, 4.69) is 0 Å². The summed E-state index contributed by atoms with van der Waals surface area (Å²) in [7, 11) is 2.68. The van der Waals surface area contributed by atoms with Gasteiger partial charge < -0.3 is 14.8 Å². The molecule has 4 nitrogen and oxygen atoms in total. The van der Waals surface area contributed by atoms with Crippen molar-refractivity contribution in [2.45, 2.75) is 18.6 Å². The van der Waals surface area contributed by atoms with Gasteiger partial charge in [0.05, 0.1) is 14.2 Å². The molecule has 0 aliphatic heterocycles. The third-order valence-electron chi connectivity index (χ3n) is 2.51. The van der Waals surface area contributed by atoms with Crippen molar-refractivity contribution in [3.05, 3.63) is 23.8 Å². The van der Waals surface area contributed by atoms with Crippen LogP contribution < -0.4 is 14.8 Å². The van der Waals surface area contributed by atoms with Crippen LogP contribution in [0.5, 0.6) is 11.5 Å². The third kappa shape index (κ3) is 3.96. The molecule has 0 spiro atoms. The van der Waals surface area contributed by atoms with E-state index >= 15 is 0 Å². The zero-order valence-corrected chi connectivity index (χ0v) is 11.1. The maximum Gasteiger partial charge on any atom is 0.463 e. The Balaban J connectivity index is 2.82. The van der Waals surface area contributed by atoms with Gasteiger partial charge in [-0.15, -0.1) is 0 Å². The molecule has 1 aromatic rings. The van der Waals surface area contributed by atoms with Gasteiger partial charge in [0, 0.05) is 12.6 Å². The molecule has 0 heterocycles. The van der Waals surface area contributed by atoms with Crippen LogP contribution in [0.1, 0.15) is 5.56 Å². The molecular weight excluding hydrogens is 301 g/mol. The maximum absolute atomic E-state index is 12.7. The van der Waals surface area contributed by atoms with Gasteiger partial charge in [0.15, 0.2) is 0 Å². The van der Waals surface area contributed by atoms with E-state index < -0.39 is 24.6 Å². The quantitative estimate of drug-likeness (QED) is 0.850. The van der Waals surface area contributed by atoms with Crippen LogP contribution in [0.25, 0.3) is 0 Å². The van der Waals surface area contributed by atoms with Gasteiger partial charge in [0.1, 0.15) is 11.5 Å². The van der Waals surface area contributed by atoms with E-state index in [1.54, 1.807) is 0 Å². The van der Waals surface area contributed by atoms with Crippen LogP contribution >= 0.6 is 0 Å². The average Bonchev–Trinajstić information content (AvgIpc) is 2.42. The SMILES string of the molecule is COc1cc(CNC(=O)C(F)(F)C(F)(F)F)cc(OC)c1. The van der Waals surface area contributed by atoms with Gasteiger partial charge in [-0.1, -0.05) is 0 Å². The summed E-state index contributed by atoms with van der Waals surface area (Å²) in [6.07, 6.45) is -5.94. The predicted molar refractivity (Wildman–Crippen MR) is 62.4 cm³/mol. The molecule has 0 saturated carbocycles. The highest BCUT2D eigenvalue weighted by molar-refractivity contribution is 5.84. The topological polar surface area (TPSA) is 47.6 Å². The molecule has 0 aliphatic carbocycles. The number of amides is 1. The van der Waals surface area contributed by atoms with Crippen molar-refractivity contribution < 1.29 is 36.2 Å². The van der Waals surface area contributed by atoms with Crippen molar-refractivity contribution in [1.29, 1.82) is 0 Å². The number of hydrogen-bond donors (Lipinski definition) is 1. The summed E-state index contributed by atoms with van der Waals surface area (Å²) in [4.78, 5) is 11.0. The van der Waals surface area contributed by atoms with Crippen molar-refractivity contribution >= 4 is 5.91 Å². The lowest BCUT2D eigenvalue weighted by atomic mass is 10.2. The van der Waals surface area contributed by atoms with Crippen molar-refractivity contribution in [3.63, 3.8) is 0 Å². The summed E-state index contributed by atoms with van der Waals surface area (Å²) < 4.78 is 71.3. The van der Waals surface area contributed by atoms with E-state index in [0.717, 1.165) is 0 Å². The number of carbonyl (C=O) groups excluding carboxylic acids is 1. The van der Waals surface area contributed by atoms with Gasteiger partial charge in [0.2, 0.25) is 0 Å². The van der Waals surface area contributed by atoms with Gasteiger partial charge >= 0.3 is 18.0 Å². The van der Waals surface area contributed by atoms with Crippen LogP contribution in [0.2, 0.25) is 0 Å². The smallest absolute Gasteiger partial charge is 0.463 e. The molecule has 0 fully saturated rings. The number of nitrogens with one attached hydrogen (secondary N) is 1. The van der Waals surface area contributed by atoms with Gasteiger partial charge in [0.25, 0.3) is 0 Å². The highest BCUT2D eigenvalue weighted by atomic mass is 19.4. The minimum absolute atomic E-state index is 0.248. The van der Waals surface area contributed by atoms with Crippen molar-refractivity contribution in [1.82, 2.24) is 5.32 Å². The normalized spacial score (nSPS) is 12.0. The molecule has 0 unspecified atom stereocenters. The number of ether oxygens (including phenoxy) is 2. The molecule has 1 rings (SSSR count). The van der Waals surface area contributed by atoms with Crippen LogP contribution in [0.15, 0.2) is 18.2 Å². The molecule has 0 aliphatic rings. The maximum atomic E-state index is 12.7. The summed E-state index contributed by atoms with van der Waals surface area (Å²) in [5.74, 6) is -7.25. The Labute approximate surface area is 116 Å². The second-order valence-corrected chi connectivity index (χ2v) is 3.98. The number of alkyl halides is 5. The minimum Gasteiger partial charge on any atom is -0.497 e. The lowest BCUT2D eigenvalue weighted by Crippen LogP contribution is -2.50. The van der Waals surface area contributed by atoms with Crippen molar-refractivity contribution in [2.75, 3.05) is 14.2 Å². The first-order valence-electron chi connectivity index (χ1n) is 5.56. The first kappa shape index (κ1) is 17.0. The molecular formula is C12H12F5NO3. The number of rotatable bonds is 5. The molecule has 0 bridgehead atoms. The fourth-order valence-electron chi connectivity index (χ4n) is 1.39. The molecule has 0 radical (unpaired) electrons. The van der Waals surface area contributed by atoms with Crippen LogP contribution in [-0.4, -0.2) is 32.2 Å². The van der Waals surface area contributed by atoms with Crippen LogP contribution in [0.3, 0.4) is 0 Å². The average molecular weight is 313 g/mol. The summed E-state index contributed by atoms with van der Waals surface area (Å²) in [5.41, 5.74) is 0.248. The van der Waals surface area contributed by atoms with Gasteiger partial charge in [-0.25, -0.2) is 0 Å². The summed E-state index contributed by atoms with van der Waals surface area (Å²) >= 11 is 0. The Hall–Kier alpha value is -2.06. The molecule has 118 valence electrons. The lowest BCUT2D eigenvalue weighted by Gasteiger charge is -2.18. The van der Waals surface area contributed by atoms with E-state index in [1.807, 2.05) is 0 Å². The second kappa shape index (κ2) is 6.15. The van der Waals surface area contributed by atoms with E-state index in [1.165, 1.54) is 37.7 Å². The summed E-state index contributed by atoms with van der Waals surface area (Å²) in [5, 5.41) is 1.53. The fraction of sp³-hybridized carbons (Fsp3) is 0.417. The Kier molecular flexibility index (Phi) is 4.97. The van der Waals surface area contributed by atoms with Crippen LogP contribution in [0.4, 0.5) is 22.0 Å². The zero-order valence-electron chi connectivity index (χ0n) is 11.1. The minimum atomic E-state index is -5.94. The Bertz CT molecular complexity index is 494. The third-order valence-corrected chi connectivity index (χ3v) is 2.51. The van der Waals surface area contributed by atoms with Crippen LogP contribution in [0, 0.1) is 0 Å². The first-order valence-corrected chi connectivity index (χ1v) is 5.56. The van der Waals surface area contributed by atoms with Gasteiger partial charge in [-0.2, -0.15) is 22.0 Å². The highest BCUT2D eigenvalue weighted by Crippen LogP contribution is 2.35. The van der Waals surface area contributed by atoms with E-state index in [-0.39, 0.29) is 5.56 Å². The van der Waals surface area contributed by atoms with Crippen molar-refractivity contribution in [3.8, 4) is 11.5 Å². The Morgan fingerprint density at radius 2 is 1.52 bits per heavy atom. The molecule has 0 atom stereocenters. The molecule has 1 amide bonds. The number of halogens is 5. The molecule has 0 aromatic heterocycles. The predicted octanol–water partition coefficient (Wildman–Crippen LogP) is 2.52. The van der Waals surface area contributed by atoms with Crippen LogP contribution in [-0.2, 0) is 11.3 Å². The molecule has 1 aromatic carbocycles. The zero-order chi connectivity index (χ0) is 16.3. The Morgan fingerprint density at radius 3 is 1.90 bits per heavy atom. The number of carbonyl (C=O) groups is 1. The van der Waals surface area contributed by atoms with E-state index in [4.69, 9.17) is 9.47 Å². The molecule has 9 heteroatoms. The second-order valence-electron chi connectivity index (χ2n) is 3.98. The lowest BCUT2D eigenvalue weighted by molar-refractivity contribution is -0.269. The van der Waals surface area contributed by atoms with E-state index in [0.29, 0.717) is 11.5 Å². The highest BCUT2D eigenvalue weighted by Gasteiger charge is 2.63. The number of methoxy groups -OCH3 is 2. The molecule has 1 N–H and O–H groups in total. The standard InChI is InChI=1S/C12H12F5NO3/c1-20-8-3-7(4-9(5-8)21-2)6-18-10(19)11(13,14)12(15,16)17/h3-5H,6H2,1-2H3,(H,18,19). The first-order chi connectivity index (χ1) is 9.61. The van der Waals surface area contributed by atoms with Gasteiger partial charge in [-0.3, -0.25) is 4.79 Å². The largest absolute Gasteiger partial charge is 0.497 e. The number of hydrogen-bond acceptors (Lipinski definition) is 3. The monoisotopic (exact) mass is 313 g/mol. The van der Waals surface area contributed by atoms with E-state index in [9.17, 15) is 26.7 Å². The van der Waals surface area contributed by atoms with Gasteiger partial charge in [-0.05, 0) is 17.7 Å². The summed E-state index contributed by atoms with van der Waals surface area (Å²) in [6.45, 7) is -0.530. The number of benzene rings is 1. The molecule has 0 saturated heterocycles. The van der Waals surface area contributed by atoms with Crippen molar-refractivity contribution in [2.24, 2.45) is 0 Å². The Morgan fingerprint density at radius 1 is 1.05 bits per heavy atom. The summed E-state index contributed by atoms with van der Waals surface area (Å²) in [6, 6.07) is 4.22. The fourth-order valence-corrected chi connectivity index (χ4v) is 1.39. The molecule has 21 heavy (non-hydrogen) atoms.